The lowest BCUT2D eigenvalue weighted by molar-refractivity contribution is -0.156. The summed E-state index contributed by atoms with van der Waals surface area (Å²) in [6.07, 6.45) is -0.140. The third-order valence-electron chi connectivity index (χ3n) is 5.44. The molecule has 178 valence electrons. The quantitative estimate of drug-likeness (QED) is 0.215. The number of hydrogen-bond acceptors (Lipinski definition) is 6. The summed E-state index contributed by atoms with van der Waals surface area (Å²) in [5.74, 6) is 2.16. The fourth-order valence-corrected chi connectivity index (χ4v) is 4.65. The molecule has 1 heterocycles. The molecule has 0 radical (unpaired) electrons. The Balaban J connectivity index is 1.42. The predicted molar refractivity (Wildman–Crippen MR) is 140 cm³/mol. The van der Waals surface area contributed by atoms with Gasteiger partial charge in [-0.1, -0.05) is 30.3 Å². The molecule has 0 aliphatic carbocycles. The normalized spacial score (nSPS) is 12.9. The van der Waals surface area contributed by atoms with Gasteiger partial charge >= 0.3 is 5.97 Å². The SMILES string of the molecule is CCOC(=O)C(Cc1ccc(OCCN2c3ccccc3Oc3ccccc32)c(I)c1)OCC. The fraction of sp³-hybridized carbons (Fsp3) is 0.296. The molecular weight excluding hydrogens is 545 g/mol. The summed E-state index contributed by atoms with van der Waals surface area (Å²) in [5.41, 5.74) is 3.05. The molecule has 6 nitrogen and oxygen atoms in total. The third kappa shape index (κ3) is 5.64. The second-order valence-corrected chi connectivity index (χ2v) is 8.86. The van der Waals surface area contributed by atoms with E-state index in [9.17, 15) is 4.79 Å². The number of para-hydroxylation sites is 4. The number of ether oxygens (including phenoxy) is 4. The van der Waals surface area contributed by atoms with Gasteiger partial charge in [-0.25, -0.2) is 4.79 Å². The third-order valence-corrected chi connectivity index (χ3v) is 6.28. The van der Waals surface area contributed by atoms with Crippen molar-refractivity contribution in [2.24, 2.45) is 0 Å². The lowest BCUT2D eigenvalue weighted by Crippen LogP contribution is -2.29. The topological polar surface area (TPSA) is 57.2 Å². The summed E-state index contributed by atoms with van der Waals surface area (Å²) in [6, 6.07) is 22.0. The Morgan fingerprint density at radius 1 is 0.971 bits per heavy atom. The molecule has 1 unspecified atom stereocenters. The molecule has 3 aromatic carbocycles. The molecule has 0 N–H and O–H groups in total. The Kier molecular flexibility index (Phi) is 8.29. The molecule has 0 bridgehead atoms. The minimum atomic E-state index is -0.603. The highest BCUT2D eigenvalue weighted by molar-refractivity contribution is 14.1. The van der Waals surface area contributed by atoms with Crippen molar-refractivity contribution in [1.29, 1.82) is 0 Å². The van der Waals surface area contributed by atoms with Crippen molar-refractivity contribution < 1.29 is 23.7 Å². The van der Waals surface area contributed by atoms with Crippen molar-refractivity contribution in [3.05, 3.63) is 75.9 Å². The van der Waals surface area contributed by atoms with Crippen LogP contribution < -0.4 is 14.4 Å². The van der Waals surface area contributed by atoms with E-state index < -0.39 is 6.10 Å². The number of halogens is 1. The smallest absolute Gasteiger partial charge is 0.335 e. The van der Waals surface area contributed by atoms with Crippen LogP contribution in [0.2, 0.25) is 0 Å². The first kappa shape index (κ1) is 24.3. The molecule has 1 aliphatic rings. The Labute approximate surface area is 213 Å². The van der Waals surface area contributed by atoms with Gasteiger partial charge in [0.15, 0.2) is 17.6 Å². The Hall–Kier alpha value is -2.78. The number of fused-ring (bicyclic) bond motifs is 2. The van der Waals surface area contributed by atoms with E-state index in [0.29, 0.717) is 32.8 Å². The molecule has 0 amide bonds. The highest BCUT2D eigenvalue weighted by Crippen LogP contribution is 2.45. The zero-order valence-electron chi connectivity index (χ0n) is 19.3. The number of carbonyl (C=O) groups is 1. The van der Waals surface area contributed by atoms with E-state index in [4.69, 9.17) is 18.9 Å². The van der Waals surface area contributed by atoms with Crippen LogP contribution in [0, 0.1) is 3.57 Å². The summed E-state index contributed by atoms with van der Waals surface area (Å²) in [5, 5.41) is 0. The van der Waals surface area contributed by atoms with Crippen molar-refractivity contribution in [2.45, 2.75) is 26.4 Å². The summed E-state index contributed by atoms with van der Waals surface area (Å²) in [7, 11) is 0. The summed E-state index contributed by atoms with van der Waals surface area (Å²) < 4.78 is 23.9. The molecule has 3 aromatic rings. The van der Waals surface area contributed by atoms with Crippen LogP contribution in [0.25, 0.3) is 0 Å². The zero-order valence-corrected chi connectivity index (χ0v) is 21.5. The fourth-order valence-electron chi connectivity index (χ4n) is 3.92. The van der Waals surface area contributed by atoms with Gasteiger partial charge in [-0.15, -0.1) is 0 Å². The first-order chi connectivity index (χ1) is 16.6. The minimum Gasteiger partial charge on any atom is -0.491 e. The number of nitrogens with zero attached hydrogens (tertiary/aromatic N) is 1. The molecule has 7 heteroatoms. The highest BCUT2D eigenvalue weighted by Gasteiger charge is 2.24. The largest absolute Gasteiger partial charge is 0.491 e. The van der Waals surface area contributed by atoms with Gasteiger partial charge in [-0.3, -0.25) is 0 Å². The Bertz CT molecular complexity index is 1090. The van der Waals surface area contributed by atoms with Gasteiger partial charge in [0.25, 0.3) is 0 Å². The van der Waals surface area contributed by atoms with Gasteiger partial charge in [-0.2, -0.15) is 0 Å². The zero-order chi connectivity index (χ0) is 23.9. The monoisotopic (exact) mass is 573 g/mol. The van der Waals surface area contributed by atoms with Crippen LogP contribution in [-0.4, -0.2) is 38.4 Å². The Morgan fingerprint density at radius 3 is 2.26 bits per heavy atom. The number of rotatable bonds is 10. The molecular formula is C27H28INO5. The van der Waals surface area contributed by atoms with Gasteiger partial charge in [0, 0.05) is 13.0 Å². The first-order valence-corrected chi connectivity index (χ1v) is 12.5. The molecule has 0 fully saturated rings. The van der Waals surface area contributed by atoms with Gasteiger partial charge < -0.3 is 23.8 Å². The molecule has 0 spiro atoms. The van der Waals surface area contributed by atoms with E-state index in [1.54, 1.807) is 6.92 Å². The molecule has 34 heavy (non-hydrogen) atoms. The number of anilines is 2. The second kappa shape index (κ2) is 11.6. The van der Waals surface area contributed by atoms with E-state index >= 15 is 0 Å². The van der Waals surface area contributed by atoms with Crippen molar-refractivity contribution in [2.75, 3.05) is 31.3 Å². The van der Waals surface area contributed by atoms with E-state index in [2.05, 4.69) is 39.6 Å². The maximum atomic E-state index is 12.2. The van der Waals surface area contributed by atoms with Crippen LogP contribution in [0.3, 0.4) is 0 Å². The molecule has 1 aliphatic heterocycles. The lowest BCUT2D eigenvalue weighted by atomic mass is 10.1. The highest BCUT2D eigenvalue weighted by atomic mass is 127. The molecule has 0 saturated heterocycles. The minimum absolute atomic E-state index is 0.328. The summed E-state index contributed by atoms with van der Waals surface area (Å²) in [6.45, 7) is 5.63. The van der Waals surface area contributed by atoms with Gasteiger partial charge in [0.05, 0.1) is 28.1 Å². The van der Waals surface area contributed by atoms with Crippen LogP contribution in [0.1, 0.15) is 19.4 Å². The van der Waals surface area contributed by atoms with Crippen LogP contribution in [0.5, 0.6) is 17.2 Å². The van der Waals surface area contributed by atoms with E-state index in [1.807, 2.05) is 61.5 Å². The van der Waals surface area contributed by atoms with Gasteiger partial charge in [0.2, 0.25) is 0 Å². The van der Waals surface area contributed by atoms with E-state index in [0.717, 1.165) is 37.8 Å². The molecule has 0 aromatic heterocycles. The molecule has 0 saturated carbocycles. The average molecular weight is 573 g/mol. The number of benzene rings is 3. The van der Waals surface area contributed by atoms with Crippen LogP contribution in [0.15, 0.2) is 66.7 Å². The first-order valence-electron chi connectivity index (χ1n) is 11.4. The number of hydrogen-bond donors (Lipinski definition) is 0. The van der Waals surface area contributed by atoms with Crippen molar-refractivity contribution in [3.8, 4) is 17.2 Å². The maximum Gasteiger partial charge on any atom is 0.335 e. The lowest BCUT2D eigenvalue weighted by Gasteiger charge is -2.32. The van der Waals surface area contributed by atoms with Gasteiger partial charge in [0.1, 0.15) is 12.4 Å². The summed E-state index contributed by atoms with van der Waals surface area (Å²) >= 11 is 2.27. The standard InChI is InChI=1S/C27H28INO5/c1-3-31-26(27(30)32-4-2)18-19-13-14-23(20(28)17-19)33-16-15-29-21-9-5-7-11-24(21)34-25-12-8-6-10-22(25)29/h5-14,17,26H,3-4,15-16,18H2,1-2H3. The Morgan fingerprint density at radius 2 is 1.65 bits per heavy atom. The van der Waals surface area contributed by atoms with Crippen molar-refractivity contribution in [3.63, 3.8) is 0 Å². The van der Waals surface area contributed by atoms with Crippen LogP contribution >= 0.6 is 22.6 Å². The second-order valence-electron chi connectivity index (χ2n) is 7.70. The predicted octanol–water partition coefficient (Wildman–Crippen LogP) is 6.12. The number of esters is 1. The number of carbonyl (C=O) groups excluding carboxylic acids is 1. The average Bonchev–Trinajstić information content (AvgIpc) is 2.84. The van der Waals surface area contributed by atoms with Crippen molar-refractivity contribution >= 4 is 39.9 Å². The van der Waals surface area contributed by atoms with Crippen LogP contribution in [-0.2, 0) is 20.7 Å². The molecule has 1 atom stereocenters. The summed E-state index contributed by atoms with van der Waals surface area (Å²) in [4.78, 5) is 14.4. The van der Waals surface area contributed by atoms with Gasteiger partial charge in [-0.05, 0) is 78.4 Å². The maximum absolute atomic E-state index is 12.2. The van der Waals surface area contributed by atoms with Crippen LogP contribution in [0.4, 0.5) is 11.4 Å². The van der Waals surface area contributed by atoms with E-state index in [1.165, 1.54) is 0 Å². The van der Waals surface area contributed by atoms with E-state index in [-0.39, 0.29) is 5.97 Å². The van der Waals surface area contributed by atoms with Crippen molar-refractivity contribution in [1.82, 2.24) is 0 Å². The molecule has 4 rings (SSSR count).